The number of anilines is 1. The fraction of sp³-hybridized carbons (Fsp3) is 0.250. The van der Waals surface area contributed by atoms with Crippen molar-refractivity contribution in [2.24, 2.45) is 0 Å². The number of aliphatic hydroxyl groups is 1. The number of hydrogen-bond donors (Lipinski definition) is 2. The molecular formula is C12H10ClF2N5OS. The summed E-state index contributed by atoms with van der Waals surface area (Å²) in [4.78, 5) is 0.705. The Bertz CT molecular complexity index is 793. The maximum Gasteiger partial charge on any atom is 0.299 e. The molecule has 3 aromatic rings. The second-order valence-electron chi connectivity index (χ2n) is 4.39. The Morgan fingerprint density at radius 2 is 2.09 bits per heavy atom. The lowest BCUT2D eigenvalue weighted by molar-refractivity contribution is 0.137. The number of halogens is 3. The van der Waals surface area contributed by atoms with E-state index in [1.807, 2.05) is 0 Å². The van der Waals surface area contributed by atoms with E-state index in [2.05, 4.69) is 20.6 Å². The van der Waals surface area contributed by atoms with Crippen molar-refractivity contribution in [2.75, 3.05) is 11.9 Å². The summed E-state index contributed by atoms with van der Waals surface area (Å²) in [5.74, 6) is -0.194. The minimum Gasteiger partial charge on any atom is -0.386 e. The monoisotopic (exact) mass is 345 g/mol. The van der Waals surface area contributed by atoms with Gasteiger partial charge in [0.25, 0.3) is 6.43 Å². The van der Waals surface area contributed by atoms with Crippen molar-refractivity contribution in [1.82, 2.24) is 19.8 Å². The van der Waals surface area contributed by atoms with Crippen LogP contribution in [0.1, 0.15) is 23.2 Å². The highest BCUT2D eigenvalue weighted by Gasteiger charge is 2.17. The summed E-state index contributed by atoms with van der Waals surface area (Å²) in [5.41, 5.74) is 0.228. The third kappa shape index (κ3) is 3.01. The molecule has 22 heavy (non-hydrogen) atoms. The Morgan fingerprint density at radius 3 is 2.77 bits per heavy atom. The van der Waals surface area contributed by atoms with Gasteiger partial charge in [-0.1, -0.05) is 11.6 Å². The van der Waals surface area contributed by atoms with Crippen molar-refractivity contribution in [3.8, 4) is 0 Å². The first-order valence-corrected chi connectivity index (χ1v) is 7.41. The lowest BCUT2D eigenvalue weighted by Crippen LogP contribution is -2.13. The molecule has 0 radical (unpaired) electrons. The Balaban J connectivity index is 1.75. The van der Waals surface area contributed by atoms with Crippen LogP contribution in [-0.2, 0) is 0 Å². The van der Waals surface area contributed by atoms with Crippen LogP contribution in [0.4, 0.5) is 14.6 Å². The van der Waals surface area contributed by atoms with Gasteiger partial charge >= 0.3 is 0 Å². The van der Waals surface area contributed by atoms with Crippen LogP contribution in [0.5, 0.6) is 0 Å². The predicted octanol–water partition coefficient (Wildman–Crippen LogP) is 2.92. The van der Waals surface area contributed by atoms with Gasteiger partial charge in [0.05, 0.1) is 4.34 Å². The van der Waals surface area contributed by atoms with Crippen LogP contribution in [-0.4, -0.2) is 31.5 Å². The van der Waals surface area contributed by atoms with Crippen molar-refractivity contribution in [1.29, 1.82) is 0 Å². The van der Waals surface area contributed by atoms with Crippen LogP contribution >= 0.6 is 22.9 Å². The van der Waals surface area contributed by atoms with E-state index in [0.29, 0.717) is 15.0 Å². The Hall–Kier alpha value is -1.84. The standard InChI is InChI=1S/C12H10ClF2N5OS/c13-8-2-1-7(22-8)6(21)5-16-9-3-4-10-17-18-12(11(14)15)20(10)19-9/h1-4,6,11,21H,5H2,(H,16,19)/t6-/m0/s1. The highest BCUT2D eigenvalue weighted by molar-refractivity contribution is 7.16. The molecule has 0 aliphatic rings. The van der Waals surface area contributed by atoms with Gasteiger partial charge in [-0.05, 0) is 24.3 Å². The Kier molecular flexibility index (Phi) is 4.19. The smallest absolute Gasteiger partial charge is 0.299 e. The maximum atomic E-state index is 12.8. The molecule has 0 spiro atoms. The Morgan fingerprint density at radius 1 is 1.27 bits per heavy atom. The van der Waals surface area contributed by atoms with Gasteiger partial charge in [0.2, 0.25) is 5.82 Å². The van der Waals surface area contributed by atoms with Crippen molar-refractivity contribution >= 4 is 34.4 Å². The minimum atomic E-state index is -2.77. The number of nitrogens with zero attached hydrogens (tertiary/aromatic N) is 4. The molecular weight excluding hydrogens is 336 g/mol. The number of alkyl halides is 2. The summed E-state index contributed by atoms with van der Waals surface area (Å²) >= 11 is 7.08. The Labute approximate surface area is 132 Å². The second-order valence-corrected chi connectivity index (χ2v) is 6.13. The fourth-order valence-electron chi connectivity index (χ4n) is 1.85. The van der Waals surface area contributed by atoms with Gasteiger partial charge in [-0.2, -0.15) is 4.52 Å². The lowest BCUT2D eigenvalue weighted by atomic mass is 10.3. The third-order valence-electron chi connectivity index (χ3n) is 2.88. The molecule has 116 valence electrons. The van der Waals surface area contributed by atoms with Gasteiger partial charge in [-0.25, -0.2) is 8.78 Å². The van der Waals surface area contributed by atoms with Crippen molar-refractivity contribution in [3.05, 3.63) is 39.3 Å². The predicted molar refractivity (Wildman–Crippen MR) is 78.5 cm³/mol. The normalized spacial score (nSPS) is 13.0. The third-order valence-corrected chi connectivity index (χ3v) is 4.21. The van der Waals surface area contributed by atoms with Gasteiger partial charge in [0.15, 0.2) is 5.65 Å². The van der Waals surface area contributed by atoms with Gasteiger partial charge in [-0.15, -0.1) is 26.6 Å². The van der Waals surface area contributed by atoms with Crippen LogP contribution in [0.2, 0.25) is 4.34 Å². The quantitative estimate of drug-likeness (QED) is 0.743. The van der Waals surface area contributed by atoms with Crippen LogP contribution in [0.15, 0.2) is 24.3 Å². The first-order valence-electron chi connectivity index (χ1n) is 6.22. The number of rotatable bonds is 5. The van der Waals surface area contributed by atoms with Crippen LogP contribution in [0.3, 0.4) is 0 Å². The summed E-state index contributed by atoms with van der Waals surface area (Å²) in [5, 5.41) is 23.9. The molecule has 6 nitrogen and oxygen atoms in total. The molecule has 0 aromatic carbocycles. The van der Waals surface area contributed by atoms with Gasteiger partial charge in [-0.3, -0.25) is 0 Å². The number of hydrogen-bond acceptors (Lipinski definition) is 6. The van der Waals surface area contributed by atoms with Gasteiger partial charge in [0, 0.05) is 11.4 Å². The summed E-state index contributed by atoms with van der Waals surface area (Å²) in [6.07, 6.45) is -3.54. The largest absolute Gasteiger partial charge is 0.386 e. The average molecular weight is 346 g/mol. The summed E-state index contributed by atoms with van der Waals surface area (Å²) in [6.45, 7) is 0.168. The molecule has 0 saturated carbocycles. The molecule has 0 aliphatic carbocycles. The van der Waals surface area contributed by atoms with E-state index in [9.17, 15) is 13.9 Å². The van der Waals surface area contributed by atoms with Crippen molar-refractivity contribution in [2.45, 2.75) is 12.5 Å². The van der Waals surface area contributed by atoms with E-state index >= 15 is 0 Å². The molecule has 10 heteroatoms. The fourth-order valence-corrected chi connectivity index (χ4v) is 2.89. The van der Waals surface area contributed by atoms with Crippen LogP contribution in [0.25, 0.3) is 5.65 Å². The molecule has 0 aliphatic heterocycles. The highest BCUT2D eigenvalue weighted by Crippen LogP contribution is 2.27. The van der Waals surface area contributed by atoms with Gasteiger partial charge < -0.3 is 10.4 Å². The molecule has 0 fully saturated rings. The summed E-state index contributed by atoms with van der Waals surface area (Å²) in [7, 11) is 0. The first-order chi connectivity index (χ1) is 10.5. The van der Waals surface area contributed by atoms with Gasteiger partial charge in [0.1, 0.15) is 11.9 Å². The topological polar surface area (TPSA) is 75.3 Å². The molecule has 0 amide bonds. The zero-order valence-electron chi connectivity index (χ0n) is 10.9. The van der Waals surface area contributed by atoms with E-state index in [4.69, 9.17) is 11.6 Å². The SMILES string of the molecule is O[C@@H](CNc1ccc2nnc(C(F)F)n2n1)c1ccc(Cl)s1. The molecule has 1 atom stereocenters. The van der Waals surface area contributed by atoms with Crippen molar-refractivity contribution in [3.63, 3.8) is 0 Å². The minimum absolute atomic E-state index is 0.168. The van der Waals surface area contributed by atoms with E-state index < -0.39 is 18.4 Å². The first kappa shape index (κ1) is 15.1. The number of fused-ring (bicyclic) bond motifs is 1. The van der Waals surface area contributed by atoms with Crippen LogP contribution < -0.4 is 5.32 Å². The molecule has 0 saturated heterocycles. The number of nitrogens with one attached hydrogen (secondary N) is 1. The van der Waals surface area contributed by atoms with E-state index in [1.165, 1.54) is 17.4 Å². The summed E-state index contributed by atoms with van der Waals surface area (Å²) < 4.78 is 27.1. The lowest BCUT2D eigenvalue weighted by Gasteiger charge is -2.10. The average Bonchev–Trinajstić information content (AvgIpc) is 3.10. The molecule has 3 aromatic heterocycles. The number of aromatic nitrogens is 4. The summed E-state index contributed by atoms with van der Waals surface area (Å²) in [6, 6.07) is 6.52. The zero-order valence-corrected chi connectivity index (χ0v) is 12.5. The molecule has 3 rings (SSSR count). The molecule has 3 heterocycles. The number of aliphatic hydroxyl groups excluding tert-OH is 1. The highest BCUT2D eigenvalue weighted by atomic mass is 35.5. The molecule has 0 bridgehead atoms. The van der Waals surface area contributed by atoms with E-state index in [0.717, 1.165) is 4.52 Å². The second kappa shape index (κ2) is 6.11. The number of thiophene rings is 1. The van der Waals surface area contributed by atoms with E-state index in [-0.39, 0.29) is 12.2 Å². The van der Waals surface area contributed by atoms with E-state index in [1.54, 1.807) is 18.2 Å². The maximum absolute atomic E-state index is 12.8. The van der Waals surface area contributed by atoms with Crippen molar-refractivity contribution < 1.29 is 13.9 Å². The zero-order chi connectivity index (χ0) is 15.7. The molecule has 2 N–H and O–H groups in total. The molecule has 0 unspecified atom stereocenters. The van der Waals surface area contributed by atoms with Crippen LogP contribution in [0, 0.1) is 0 Å².